The third-order valence-electron chi connectivity index (χ3n) is 4.57. The van der Waals surface area contributed by atoms with Crippen LogP contribution in [0.15, 0.2) is 52.3 Å². The van der Waals surface area contributed by atoms with Gasteiger partial charge in [0.2, 0.25) is 0 Å². The minimum Gasteiger partial charge on any atom is -0.300 e. The van der Waals surface area contributed by atoms with E-state index in [0.717, 1.165) is 15.4 Å². The Morgan fingerprint density at radius 2 is 1.86 bits per heavy atom. The smallest absolute Gasteiger partial charge is 0.175 e. The second-order valence-corrected chi connectivity index (χ2v) is 6.95. The summed E-state index contributed by atoms with van der Waals surface area (Å²) in [5.74, 6) is -0.434. The lowest BCUT2D eigenvalue weighted by Crippen LogP contribution is -2.33. The molecule has 0 amide bonds. The molecule has 1 aliphatic carbocycles. The molecule has 2 aromatic carbocycles. The third kappa shape index (κ3) is 1.87. The Kier molecular flexibility index (Phi) is 2.98. The minimum absolute atomic E-state index is 0.105. The van der Waals surface area contributed by atoms with Gasteiger partial charge in [-0.3, -0.25) is 9.59 Å². The van der Waals surface area contributed by atoms with Gasteiger partial charge in [-0.2, -0.15) is 0 Å². The van der Waals surface area contributed by atoms with E-state index in [2.05, 4.69) is 0 Å². The van der Waals surface area contributed by atoms with E-state index in [0.29, 0.717) is 18.4 Å². The molecule has 0 aromatic heterocycles. The first-order valence-corrected chi connectivity index (χ1v) is 8.05. The van der Waals surface area contributed by atoms with Gasteiger partial charge in [-0.05, 0) is 36.2 Å². The largest absolute Gasteiger partial charge is 0.300 e. The predicted octanol–water partition coefficient (Wildman–Crippen LogP) is 4.16. The number of rotatable bonds is 0. The molecule has 2 aliphatic rings. The van der Waals surface area contributed by atoms with Crippen molar-refractivity contribution >= 4 is 23.3 Å². The van der Waals surface area contributed by atoms with Gasteiger partial charge in [0.05, 0.1) is 5.41 Å². The Hall–Kier alpha value is -1.94. The van der Waals surface area contributed by atoms with Gasteiger partial charge in [-0.15, -0.1) is 0 Å². The topological polar surface area (TPSA) is 34.1 Å². The fourth-order valence-corrected chi connectivity index (χ4v) is 4.66. The Morgan fingerprint density at radius 1 is 1.05 bits per heavy atom. The number of halogens is 1. The van der Waals surface area contributed by atoms with Crippen LogP contribution in [0.3, 0.4) is 0 Å². The first kappa shape index (κ1) is 13.7. The van der Waals surface area contributed by atoms with Crippen molar-refractivity contribution in [3.05, 3.63) is 59.4 Å². The molecule has 1 unspecified atom stereocenters. The van der Waals surface area contributed by atoms with E-state index in [1.54, 1.807) is 6.07 Å². The zero-order valence-electron chi connectivity index (χ0n) is 11.8. The molecule has 0 radical (unpaired) electrons. The summed E-state index contributed by atoms with van der Waals surface area (Å²) in [5, 5.41) is 0. The number of ketones is 2. The molecule has 1 fully saturated rings. The van der Waals surface area contributed by atoms with E-state index in [4.69, 9.17) is 0 Å². The third-order valence-corrected chi connectivity index (χ3v) is 5.72. The standard InChI is InChI=1S/C18H13FO2S/c19-11-5-6-15-13(9-11)17(21)18(8-7-12(20)10-18)14-3-1-2-4-16(14)22-15/h1-6,9H,7-8,10H2. The monoisotopic (exact) mass is 312 g/mol. The summed E-state index contributed by atoms with van der Waals surface area (Å²) in [5.41, 5.74) is 0.489. The van der Waals surface area contributed by atoms with Gasteiger partial charge in [0, 0.05) is 28.2 Å². The maximum Gasteiger partial charge on any atom is 0.175 e. The number of hydrogen-bond donors (Lipinski definition) is 0. The number of benzene rings is 2. The number of Topliss-reactive ketones (excluding diaryl/α,β-unsaturated/α-hetero) is 2. The molecule has 1 spiro atoms. The summed E-state index contributed by atoms with van der Waals surface area (Å²) in [6.45, 7) is 0. The molecular weight excluding hydrogens is 299 g/mol. The average Bonchev–Trinajstić information content (AvgIpc) is 2.88. The molecule has 1 aliphatic heterocycles. The van der Waals surface area contributed by atoms with Crippen LogP contribution in [0.5, 0.6) is 0 Å². The fourth-order valence-electron chi connectivity index (χ4n) is 3.51. The average molecular weight is 312 g/mol. The molecular formula is C18H13FO2S. The maximum absolute atomic E-state index is 13.7. The lowest BCUT2D eigenvalue weighted by atomic mass is 9.73. The van der Waals surface area contributed by atoms with E-state index in [1.807, 2.05) is 24.3 Å². The van der Waals surface area contributed by atoms with Gasteiger partial charge < -0.3 is 0 Å². The number of carbonyl (C=O) groups excluding carboxylic acids is 2. The second kappa shape index (κ2) is 4.78. The molecule has 2 nitrogen and oxygen atoms in total. The van der Waals surface area contributed by atoms with Crippen molar-refractivity contribution in [1.29, 1.82) is 0 Å². The molecule has 1 heterocycles. The van der Waals surface area contributed by atoms with E-state index in [9.17, 15) is 14.0 Å². The van der Waals surface area contributed by atoms with Crippen LogP contribution >= 0.6 is 11.8 Å². The molecule has 0 bridgehead atoms. The van der Waals surface area contributed by atoms with Crippen molar-refractivity contribution in [2.45, 2.75) is 34.5 Å². The van der Waals surface area contributed by atoms with Crippen molar-refractivity contribution in [2.75, 3.05) is 0 Å². The summed E-state index contributed by atoms with van der Waals surface area (Å²) in [7, 11) is 0. The zero-order chi connectivity index (χ0) is 15.3. The van der Waals surface area contributed by atoms with Gasteiger partial charge in [-0.1, -0.05) is 30.0 Å². The number of hydrogen-bond acceptors (Lipinski definition) is 3. The quantitative estimate of drug-likeness (QED) is 0.732. The molecule has 1 atom stereocenters. The van der Waals surface area contributed by atoms with Crippen molar-refractivity contribution in [3.63, 3.8) is 0 Å². The molecule has 4 heteroatoms. The highest BCUT2D eigenvalue weighted by Crippen LogP contribution is 2.50. The lowest BCUT2D eigenvalue weighted by molar-refractivity contribution is -0.117. The van der Waals surface area contributed by atoms with Gasteiger partial charge in [0.15, 0.2) is 5.78 Å². The summed E-state index contributed by atoms with van der Waals surface area (Å²) in [6, 6.07) is 12.1. The van der Waals surface area contributed by atoms with E-state index < -0.39 is 11.2 Å². The van der Waals surface area contributed by atoms with Crippen molar-refractivity contribution < 1.29 is 14.0 Å². The van der Waals surface area contributed by atoms with E-state index in [-0.39, 0.29) is 18.0 Å². The molecule has 110 valence electrons. The van der Waals surface area contributed by atoms with Crippen molar-refractivity contribution in [3.8, 4) is 0 Å². The Morgan fingerprint density at radius 3 is 2.64 bits per heavy atom. The first-order chi connectivity index (χ1) is 10.6. The SMILES string of the molecule is O=C1CCC2(C1)C(=O)c1cc(F)ccc1Sc1ccccc12. The minimum atomic E-state index is -0.820. The van der Waals surface area contributed by atoms with Crippen LogP contribution in [0, 0.1) is 5.82 Å². The summed E-state index contributed by atoms with van der Waals surface area (Å²) >= 11 is 1.48. The maximum atomic E-state index is 13.7. The highest BCUT2D eigenvalue weighted by Gasteiger charge is 2.49. The van der Waals surface area contributed by atoms with E-state index >= 15 is 0 Å². The van der Waals surface area contributed by atoms with Crippen molar-refractivity contribution in [2.24, 2.45) is 0 Å². The molecule has 0 N–H and O–H groups in total. The predicted molar refractivity (Wildman–Crippen MR) is 81.8 cm³/mol. The fraction of sp³-hybridized carbons (Fsp3) is 0.222. The summed E-state index contributed by atoms with van der Waals surface area (Å²) < 4.78 is 13.7. The summed E-state index contributed by atoms with van der Waals surface area (Å²) in [6.07, 6.45) is 1.15. The highest BCUT2D eigenvalue weighted by molar-refractivity contribution is 7.99. The zero-order valence-corrected chi connectivity index (χ0v) is 12.6. The molecule has 22 heavy (non-hydrogen) atoms. The highest BCUT2D eigenvalue weighted by atomic mass is 32.2. The Bertz CT molecular complexity index is 814. The molecule has 0 saturated heterocycles. The molecule has 4 rings (SSSR count). The van der Waals surface area contributed by atoms with Crippen LogP contribution in [-0.4, -0.2) is 11.6 Å². The van der Waals surface area contributed by atoms with Gasteiger partial charge in [0.1, 0.15) is 11.6 Å². The van der Waals surface area contributed by atoms with Crippen LogP contribution in [0.25, 0.3) is 0 Å². The van der Waals surface area contributed by atoms with Gasteiger partial charge in [-0.25, -0.2) is 4.39 Å². The van der Waals surface area contributed by atoms with Crippen LogP contribution in [0.2, 0.25) is 0 Å². The lowest BCUT2D eigenvalue weighted by Gasteiger charge is -2.27. The van der Waals surface area contributed by atoms with Crippen LogP contribution in [-0.2, 0) is 10.2 Å². The van der Waals surface area contributed by atoms with Gasteiger partial charge in [0.25, 0.3) is 0 Å². The molecule has 1 saturated carbocycles. The number of fused-ring (bicyclic) bond motifs is 3. The Balaban J connectivity index is 2.01. The molecule has 2 aromatic rings. The van der Waals surface area contributed by atoms with Crippen LogP contribution in [0.1, 0.15) is 35.2 Å². The normalized spacial score (nSPS) is 23.3. The van der Waals surface area contributed by atoms with Crippen molar-refractivity contribution in [1.82, 2.24) is 0 Å². The van der Waals surface area contributed by atoms with Crippen LogP contribution in [0.4, 0.5) is 4.39 Å². The number of carbonyl (C=O) groups is 2. The summed E-state index contributed by atoms with van der Waals surface area (Å²) in [4.78, 5) is 26.9. The van der Waals surface area contributed by atoms with Crippen LogP contribution < -0.4 is 0 Å². The Labute approximate surface area is 131 Å². The van der Waals surface area contributed by atoms with E-state index in [1.165, 1.54) is 23.9 Å². The van der Waals surface area contributed by atoms with Gasteiger partial charge >= 0.3 is 0 Å². The second-order valence-electron chi connectivity index (χ2n) is 5.87. The first-order valence-electron chi connectivity index (χ1n) is 7.24.